The zero-order chi connectivity index (χ0) is 14.5. The summed E-state index contributed by atoms with van der Waals surface area (Å²) in [6.45, 7) is 5.92. The molecule has 2 N–H and O–H groups in total. The molecule has 1 fully saturated rings. The van der Waals surface area contributed by atoms with Crippen molar-refractivity contribution < 1.29 is 14.7 Å². The summed E-state index contributed by atoms with van der Waals surface area (Å²) in [5.41, 5.74) is 0.330. The van der Waals surface area contributed by atoms with E-state index in [4.69, 9.17) is 5.11 Å². The number of carboxylic acid groups (broad SMARTS) is 1. The van der Waals surface area contributed by atoms with Gasteiger partial charge in [-0.3, -0.25) is 9.78 Å². The number of carboxylic acids is 1. The summed E-state index contributed by atoms with van der Waals surface area (Å²) in [7, 11) is 0. The summed E-state index contributed by atoms with van der Waals surface area (Å²) in [6.07, 6.45) is 2.30. The molecule has 2 rings (SSSR count). The average Bonchev–Trinajstić information content (AvgIpc) is 2.93. The van der Waals surface area contributed by atoms with Crippen LogP contribution in [-0.4, -0.2) is 53.0 Å². The summed E-state index contributed by atoms with van der Waals surface area (Å²) in [4.78, 5) is 28.8. The molecule has 1 atom stereocenters. The van der Waals surface area contributed by atoms with Crippen molar-refractivity contribution in [3.8, 4) is 0 Å². The van der Waals surface area contributed by atoms with E-state index in [-0.39, 0.29) is 17.2 Å². The Hall–Kier alpha value is -1.95. The first-order valence-corrected chi connectivity index (χ1v) is 6.80. The van der Waals surface area contributed by atoms with Crippen LogP contribution in [-0.2, 0) is 0 Å². The van der Waals surface area contributed by atoms with Gasteiger partial charge in [0.25, 0.3) is 5.91 Å². The Kier molecular flexibility index (Phi) is 4.68. The van der Waals surface area contributed by atoms with E-state index < -0.39 is 5.97 Å². The Morgan fingerprint density at radius 1 is 1.50 bits per heavy atom. The lowest BCUT2D eigenvalue weighted by Crippen LogP contribution is -2.31. The number of aromatic nitrogens is 1. The fraction of sp³-hybridized carbons (Fsp3) is 0.500. The van der Waals surface area contributed by atoms with Crippen LogP contribution >= 0.6 is 0 Å². The van der Waals surface area contributed by atoms with Gasteiger partial charge in [0.15, 0.2) is 0 Å². The van der Waals surface area contributed by atoms with Crippen LogP contribution in [0.4, 0.5) is 0 Å². The van der Waals surface area contributed by atoms with Crippen LogP contribution in [0.2, 0.25) is 0 Å². The van der Waals surface area contributed by atoms with Crippen LogP contribution < -0.4 is 5.32 Å². The molecule has 6 nitrogen and oxygen atoms in total. The first kappa shape index (κ1) is 14.5. The molecule has 0 aromatic carbocycles. The fourth-order valence-electron chi connectivity index (χ4n) is 2.35. The minimum Gasteiger partial charge on any atom is -0.478 e. The minimum atomic E-state index is -1.05. The highest BCUT2D eigenvalue weighted by Crippen LogP contribution is 2.14. The van der Waals surface area contributed by atoms with Gasteiger partial charge in [-0.2, -0.15) is 0 Å². The van der Waals surface area contributed by atoms with E-state index in [1.165, 1.54) is 18.3 Å². The number of hydrogen-bond donors (Lipinski definition) is 2. The number of rotatable bonds is 5. The van der Waals surface area contributed by atoms with E-state index in [2.05, 4.69) is 22.1 Å². The highest BCUT2D eigenvalue weighted by atomic mass is 16.4. The van der Waals surface area contributed by atoms with Crippen molar-refractivity contribution in [2.45, 2.75) is 13.3 Å². The van der Waals surface area contributed by atoms with Crippen molar-refractivity contribution in [3.63, 3.8) is 0 Å². The third kappa shape index (κ3) is 3.54. The number of nitrogens with one attached hydrogen (secondary N) is 1. The molecule has 2 heterocycles. The number of pyridine rings is 1. The van der Waals surface area contributed by atoms with Crippen LogP contribution in [0.25, 0.3) is 0 Å². The molecule has 1 unspecified atom stereocenters. The first-order valence-electron chi connectivity index (χ1n) is 6.80. The van der Waals surface area contributed by atoms with Gasteiger partial charge in [0.05, 0.1) is 5.56 Å². The second-order valence-electron chi connectivity index (χ2n) is 5.00. The lowest BCUT2D eigenvalue weighted by molar-refractivity contribution is 0.0695. The van der Waals surface area contributed by atoms with Crippen molar-refractivity contribution in [1.29, 1.82) is 0 Å². The molecule has 0 aliphatic carbocycles. The molecule has 1 saturated heterocycles. The van der Waals surface area contributed by atoms with Crippen molar-refractivity contribution in [2.24, 2.45) is 5.92 Å². The Labute approximate surface area is 117 Å². The molecule has 1 amide bonds. The number of nitrogens with zero attached hydrogens (tertiary/aromatic N) is 2. The van der Waals surface area contributed by atoms with Gasteiger partial charge in [-0.25, -0.2) is 4.79 Å². The molecule has 1 aliphatic rings. The molecule has 1 aromatic heterocycles. The van der Waals surface area contributed by atoms with Crippen molar-refractivity contribution in [3.05, 3.63) is 29.6 Å². The number of carbonyl (C=O) groups excluding carboxylic acids is 1. The SMILES string of the molecule is CCN1CCC(CNC(=O)c2ccc(C(=O)O)cn2)C1. The second kappa shape index (κ2) is 6.47. The largest absolute Gasteiger partial charge is 0.478 e. The van der Waals surface area contributed by atoms with Gasteiger partial charge in [0.1, 0.15) is 5.69 Å². The number of hydrogen-bond acceptors (Lipinski definition) is 4. The molecule has 1 aliphatic heterocycles. The van der Waals surface area contributed by atoms with Crippen LogP contribution in [0, 0.1) is 5.92 Å². The van der Waals surface area contributed by atoms with E-state index in [9.17, 15) is 9.59 Å². The minimum absolute atomic E-state index is 0.0796. The van der Waals surface area contributed by atoms with Gasteiger partial charge in [-0.05, 0) is 37.6 Å². The Balaban J connectivity index is 1.84. The first-order chi connectivity index (χ1) is 9.60. The Morgan fingerprint density at radius 3 is 2.85 bits per heavy atom. The molecular formula is C14H19N3O3. The van der Waals surface area contributed by atoms with Gasteiger partial charge >= 0.3 is 5.97 Å². The number of likely N-dealkylation sites (tertiary alicyclic amines) is 1. The Bertz CT molecular complexity index is 487. The quantitative estimate of drug-likeness (QED) is 0.834. The average molecular weight is 277 g/mol. The molecule has 0 saturated carbocycles. The van der Waals surface area contributed by atoms with E-state index in [0.29, 0.717) is 12.5 Å². The topological polar surface area (TPSA) is 82.5 Å². The summed E-state index contributed by atoms with van der Waals surface area (Å²) in [6, 6.07) is 2.82. The van der Waals surface area contributed by atoms with Crippen molar-refractivity contribution >= 4 is 11.9 Å². The Morgan fingerprint density at radius 2 is 2.30 bits per heavy atom. The highest BCUT2D eigenvalue weighted by Gasteiger charge is 2.21. The maximum atomic E-state index is 11.9. The lowest BCUT2D eigenvalue weighted by Gasteiger charge is -2.13. The van der Waals surface area contributed by atoms with Crippen molar-refractivity contribution in [2.75, 3.05) is 26.2 Å². The summed E-state index contributed by atoms with van der Waals surface area (Å²) >= 11 is 0. The summed E-state index contributed by atoms with van der Waals surface area (Å²) in [5.74, 6) is -0.816. The van der Waals surface area contributed by atoms with Crippen molar-refractivity contribution in [1.82, 2.24) is 15.2 Å². The number of carbonyl (C=O) groups is 2. The summed E-state index contributed by atoms with van der Waals surface area (Å²) in [5, 5.41) is 11.6. The van der Waals surface area contributed by atoms with E-state index in [1.54, 1.807) is 0 Å². The fourth-order valence-corrected chi connectivity index (χ4v) is 2.35. The van der Waals surface area contributed by atoms with Gasteiger partial charge in [-0.15, -0.1) is 0 Å². The molecular weight excluding hydrogens is 258 g/mol. The number of amides is 1. The molecule has 0 spiro atoms. The smallest absolute Gasteiger partial charge is 0.337 e. The third-order valence-corrected chi connectivity index (χ3v) is 3.61. The van der Waals surface area contributed by atoms with Gasteiger partial charge < -0.3 is 15.3 Å². The van der Waals surface area contributed by atoms with Crippen LogP contribution in [0.5, 0.6) is 0 Å². The van der Waals surface area contributed by atoms with E-state index in [0.717, 1.165) is 26.1 Å². The van der Waals surface area contributed by atoms with Gasteiger partial charge in [0.2, 0.25) is 0 Å². The monoisotopic (exact) mass is 277 g/mol. The molecule has 108 valence electrons. The summed E-state index contributed by atoms with van der Waals surface area (Å²) < 4.78 is 0. The molecule has 0 radical (unpaired) electrons. The second-order valence-corrected chi connectivity index (χ2v) is 5.00. The van der Waals surface area contributed by atoms with E-state index >= 15 is 0 Å². The van der Waals surface area contributed by atoms with Crippen LogP contribution in [0.3, 0.4) is 0 Å². The molecule has 20 heavy (non-hydrogen) atoms. The number of aromatic carboxylic acids is 1. The zero-order valence-electron chi connectivity index (χ0n) is 11.5. The zero-order valence-corrected chi connectivity index (χ0v) is 11.5. The normalized spacial score (nSPS) is 18.9. The lowest BCUT2D eigenvalue weighted by atomic mass is 10.1. The van der Waals surface area contributed by atoms with Crippen LogP contribution in [0.1, 0.15) is 34.2 Å². The predicted molar refractivity (Wildman–Crippen MR) is 73.8 cm³/mol. The molecule has 0 bridgehead atoms. The van der Waals surface area contributed by atoms with Gasteiger partial charge in [0, 0.05) is 19.3 Å². The van der Waals surface area contributed by atoms with Gasteiger partial charge in [-0.1, -0.05) is 6.92 Å². The molecule has 1 aromatic rings. The standard InChI is InChI=1S/C14H19N3O3/c1-2-17-6-5-10(9-17)7-16-13(18)12-4-3-11(8-15-12)14(19)20/h3-4,8,10H,2,5-7,9H2,1H3,(H,16,18)(H,19,20). The van der Waals surface area contributed by atoms with Crippen LogP contribution in [0.15, 0.2) is 18.3 Å². The molecule has 6 heteroatoms. The maximum Gasteiger partial charge on any atom is 0.337 e. The highest BCUT2D eigenvalue weighted by molar-refractivity contribution is 5.93. The predicted octanol–water partition coefficient (Wildman–Crippen LogP) is 0.851. The third-order valence-electron chi connectivity index (χ3n) is 3.61. The van der Waals surface area contributed by atoms with E-state index in [1.807, 2.05) is 0 Å². The maximum absolute atomic E-state index is 11.9.